The van der Waals surface area contributed by atoms with Crippen molar-refractivity contribution >= 4 is 35.1 Å². The van der Waals surface area contributed by atoms with Crippen LogP contribution in [0.1, 0.15) is 17.3 Å². The third-order valence-electron chi connectivity index (χ3n) is 4.79. The van der Waals surface area contributed by atoms with Crippen molar-refractivity contribution in [3.05, 3.63) is 75.2 Å². The molecule has 1 aromatic heterocycles. The van der Waals surface area contributed by atoms with Crippen LogP contribution in [0.2, 0.25) is 10.0 Å². The van der Waals surface area contributed by atoms with Crippen molar-refractivity contribution in [2.75, 3.05) is 13.6 Å². The molecule has 138 valence electrons. The summed E-state index contributed by atoms with van der Waals surface area (Å²) in [5.74, 6) is -0.140. The number of urea groups is 1. The van der Waals surface area contributed by atoms with Crippen LogP contribution < -0.4 is 5.32 Å². The molecule has 0 radical (unpaired) electrons. The van der Waals surface area contributed by atoms with Crippen molar-refractivity contribution < 1.29 is 9.59 Å². The van der Waals surface area contributed by atoms with Gasteiger partial charge in [-0.2, -0.15) is 0 Å². The van der Waals surface area contributed by atoms with Crippen LogP contribution in [0, 0.1) is 0 Å². The average Bonchev–Trinajstić information content (AvgIpc) is 2.96. The van der Waals surface area contributed by atoms with Crippen LogP contribution in [0.25, 0.3) is 0 Å². The van der Waals surface area contributed by atoms with Crippen LogP contribution in [-0.2, 0) is 11.3 Å². The zero-order chi connectivity index (χ0) is 19.1. The average molecular weight is 403 g/mol. The van der Waals surface area contributed by atoms with Gasteiger partial charge in [0.05, 0.1) is 36.1 Å². The Morgan fingerprint density at radius 3 is 2.74 bits per heavy atom. The van der Waals surface area contributed by atoms with Crippen molar-refractivity contribution in [2.24, 2.45) is 0 Å². The number of carbonyl (C=O) groups is 2. The maximum atomic E-state index is 13.2. The molecular weight excluding hydrogens is 387 g/mol. The maximum absolute atomic E-state index is 13.2. The van der Waals surface area contributed by atoms with Gasteiger partial charge in [0.15, 0.2) is 0 Å². The summed E-state index contributed by atoms with van der Waals surface area (Å²) in [5, 5.41) is 3.76. The molecule has 0 spiro atoms. The molecule has 4 rings (SSSR count). The summed E-state index contributed by atoms with van der Waals surface area (Å²) in [4.78, 5) is 33.0. The fourth-order valence-electron chi connectivity index (χ4n) is 3.41. The number of amides is 3. The van der Waals surface area contributed by atoms with E-state index in [1.807, 2.05) is 18.2 Å². The molecule has 3 amide bonds. The first-order valence-electron chi connectivity index (χ1n) is 8.37. The molecule has 8 heteroatoms. The summed E-state index contributed by atoms with van der Waals surface area (Å²) in [6.45, 7) is 0.714. The number of halogens is 2. The molecule has 0 saturated heterocycles. The molecule has 1 N–H and O–H groups in total. The lowest BCUT2D eigenvalue weighted by Crippen LogP contribution is -2.45. The monoisotopic (exact) mass is 402 g/mol. The van der Waals surface area contributed by atoms with Gasteiger partial charge in [-0.1, -0.05) is 35.3 Å². The maximum Gasteiger partial charge on any atom is 0.322 e. The first kappa shape index (κ1) is 17.8. The highest BCUT2D eigenvalue weighted by molar-refractivity contribution is 6.35. The topological polar surface area (TPSA) is 65.5 Å². The Balaban J connectivity index is 1.71. The van der Waals surface area contributed by atoms with E-state index in [4.69, 9.17) is 23.2 Å². The van der Waals surface area contributed by atoms with E-state index < -0.39 is 6.04 Å². The second-order valence-corrected chi connectivity index (χ2v) is 7.29. The highest BCUT2D eigenvalue weighted by Gasteiger charge is 2.43. The van der Waals surface area contributed by atoms with Gasteiger partial charge in [-0.25, -0.2) is 4.79 Å². The Hall–Kier alpha value is -2.57. The van der Waals surface area contributed by atoms with E-state index >= 15 is 0 Å². The molecule has 0 saturated carbocycles. The summed E-state index contributed by atoms with van der Waals surface area (Å²) in [6.07, 6.45) is 1.69. The number of likely N-dealkylation sites (N-methyl/N-ethyl adjacent to an activating group) is 1. The van der Waals surface area contributed by atoms with Crippen LogP contribution in [-0.4, -0.2) is 40.3 Å². The van der Waals surface area contributed by atoms with Crippen LogP contribution in [0.4, 0.5) is 4.79 Å². The van der Waals surface area contributed by atoms with Gasteiger partial charge in [-0.05, 0) is 29.8 Å². The fourth-order valence-corrected chi connectivity index (χ4v) is 3.92. The molecule has 1 aromatic carbocycles. The number of hydrogen-bond donors (Lipinski definition) is 1. The molecule has 3 heterocycles. The Labute approximate surface area is 166 Å². The van der Waals surface area contributed by atoms with Gasteiger partial charge in [0.1, 0.15) is 0 Å². The van der Waals surface area contributed by atoms with E-state index in [9.17, 15) is 9.59 Å². The van der Waals surface area contributed by atoms with E-state index in [1.54, 1.807) is 36.3 Å². The Bertz CT molecular complexity index is 961. The quantitative estimate of drug-likeness (QED) is 0.855. The van der Waals surface area contributed by atoms with Crippen molar-refractivity contribution in [3.63, 3.8) is 0 Å². The normalized spacial score (nSPS) is 19.4. The number of benzene rings is 1. The zero-order valence-electron chi connectivity index (χ0n) is 14.4. The van der Waals surface area contributed by atoms with E-state index in [-0.39, 0.29) is 11.9 Å². The summed E-state index contributed by atoms with van der Waals surface area (Å²) in [6, 6.07) is 9.71. The summed E-state index contributed by atoms with van der Waals surface area (Å²) >= 11 is 12.3. The molecular formula is C19H16Cl2N4O2. The van der Waals surface area contributed by atoms with Gasteiger partial charge in [-0.3, -0.25) is 14.7 Å². The van der Waals surface area contributed by atoms with Gasteiger partial charge in [-0.15, -0.1) is 0 Å². The predicted molar refractivity (Wildman–Crippen MR) is 102 cm³/mol. The molecule has 1 atom stereocenters. The van der Waals surface area contributed by atoms with E-state index in [2.05, 4.69) is 10.3 Å². The summed E-state index contributed by atoms with van der Waals surface area (Å²) in [5.41, 5.74) is 2.63. The van der Waals surface area contributed by atoms with Crippen LogP contribution >= 0.6 is 23.2 Å². The summed E-state index contributed by atoms with van der Waals surface area (Å²) < 4.78 is 0. The van der Waals surface area contributed by atoms with Gasteiger partial charge < -0.3 is 10.2 Å². The number of pyridine rings is 1. The van der Waals surface area contributed by atoms with Gasteiger partial charge >= 0.3 is 6.03 Å². The number of rotatable bonds is 3. The summed E-state index contributed by atoms with van der Waals surface area (Å²) in [7, 11) is 1.65. The number of aromatic nitrogens is 1. The van der Waals surface area contributed by atoms with Crippen molar-refractivity contribution in [2.45, 2.75) is 12.6 Å². The number of nitrogens with one attached hydrogen (secondary N) is 1. The minimum Gasteiger partial charge on any atom is -0.327 e. The minimum absolute atomic E-state index is 0.140. The number of hydrogen-bond acceptors (Lipinski definition) is 3. The second-order valence-electron chi connectivity index (χ2n) is 6.45. The lowest BCUT2D eigenvalue weighted by atomic mass is 9.95. The Morgan fingerprint density at radius 2 is 2.04 bits per heavy atom. The first-order chi connectivity index (χ1) is 13.0. The van der Waals surface area contributed by atoms with Crippen molar-refractivity contribution in [1.82, 2.24) is 20.1 Å². The van der Waals surface area contributed by atoms with Crippen LogP contribution in [0.5, 0.6) is 0 Å². The van der Waals surface area contributed by atoms with E-state index in [0.29, 0.717) is 40.0 Å². The van der Waals surface area contributed by atoms with Crippen molar-refractivity contribution in [1.29, 1.82) is 0 Å². The highest BCUT2D eigenvalue weighted by atomic mass is 35.5. The van der Waals surface area contributed by atoms with Gasteiger partial charge in [0, 0.05) is 23.3 Å². The standard InChI is InChI=1S/C19H16Cl2N4O2/c1-24-15-10-25(9-12-4-2-3-7-22-12)18(26)16(15)17(23-19(24)27)13-6-5-11(20)8-14(13)21/h2-8,17H,9-10H2,1H3,(H,23,27)/t17-/m0/s1. The van der Waals surface area contributed by atoms with Gasteiger partial charge in [0.25, 0.3) is 5.91 Å². The molecule has 6 nitrogen and oxygen atoms in total. The number of nitrogens with zero attached hydrogens (tertiary/aromatic N) is 3. The van der Waals surface area contributed by atoms with Crippen LogP contribution in [0.3, 0.4) is 0 Å². The minimum atomic E-state index is -0.616. The molecule has 2 aromatic rings. The van der Waals surface area contributed by atoms with E-state index in [0.717, 1.165) is 5.69 Å². The molecule has 0 bridgehead atoms. The van der Waals surface area contributed by atoms with Crippen molar-refractivity contribution in [3.8, 4) is 0 Å². The largest absolute Gasteiger partial charge is 0.327 e. The SMILES string of the molecule is CN1C(=O)N[C@@H](c2ccc(Cl)cc2Cl)C2=C1CN(Cc1ccccn1)C2=O. The Morgan fingerprint density at radius 1 is 1.22 bits per heavy atom. The van der Waals surface area contributed by atoms with Gasteiger partial charge in [0.2, 0.25) is 0 Å². The first-order valence-corrected chi connectivity index (χ1v) is 9.12. The molecule has 0 unspecified atom stereocenters. The van der Waals surface area contributed by atoms with Crippen LogP contribution in [0.15, 0.2) is 53.9 Å². The zero-order valence-corrected chi connectivity index (χ0v) is 16.0. The van der Waals surface area contributed by atoms with E-state index in [1.165, 1.54) is 4.90 Å². The Kier molecular flexibility index (Phi) is 4.53. The molecule has 2 aliphatic rings. The molecule has 0 aliphatic carbocycles. The molecule has 27 heavy (non-hydrogen) atoms. The number of carbonyl (C=O) groups excluding carboxylic acids is 2. The smallest absolute Gasteiger partial charge is 0.322 e. The lowest BCUT2D eigenvalue weighted by molar-refractivity contribution is -0.126. The third kappa shape index (κ3) is 3.15. The lowest BCUT2D eigenvalue weighted by Gasteiger charge is -2.31. The molecule has 0 fully saturated rings. The third-order valence-corrected chi connectivity index (χ3v) is 5.35. The second kappa shape index (κ2) is 6.87. The highest BCUT2D eigenvalue weighted by Crippen LogP contribution is 2.39. The fraction of sp³-hybridized carbons (Fsp3) is 0.211. The molecule has 2 aliphatic heterocycles. The predicted octanol–water partition coefficient (Wildman–Crippen LogP) is 3.38.